The van der Waals surface area contributed by atoms with Gasteiger partial charge in [-0.3, -0.25) is 4.79 Å². The van der Waals surface area contributed by atoms with Gasteiger partial charge in [-0.05, 0) is 35.9 Å². The number of rotatable bonds is 7. The molecule has 0 spiro atoms. The number of carbonyl (C=O) groups is 1. The van der Waals surface area contributed by atoms with Gasteiger partial charge in [-0.15, -0.1) is 0 Å². The fourth-order valence-corrected chi connectivity index (χ4v) is 2.78. The van der Waals surface area contributed by atoms with Gasteiger partial charge in [0, 0.05) is 29.7 Å². The zero-order valence-electron chi connectivity index (χ0n) is 14.9. The Bertz CT molecular complexity index is 933. The van der Waals surface area contributed by atoms with Gasteiger partial charge in [0.1, 0.15) is 17.4 Å². The first kappa shape index (κ1) is 19.8. The van der Waals surface area contributed by atoms with Crippen LogP contribution in [-0.2, 0) is 17.9 Å². The van der Waals surface area contributed by atoms with Gasteiger partial charge in [0.25, 0.3) is 5.91 Å². The van der Waals surface area contributed by atoms with Crippen LogP contribution in [0.25, 0.3) is 0 Å². The molecule has 1 amide bonds. The minimum atomic E-state index is -0.696. The highest BCUT2D eigenvalue weighted by Crippen LogP contribution is 2.17. The molecule has 0 N–H and O–H groups in total. The molecule has 144 valence electrons. The van der Waals surface area contributed by atoms with Gasteiger partial charge in [-0.25, -0.2) is 8.78 Å². The summed E-state index contributed by atoms with van der Waals surface area (Å²) >= 11 is 5.91. The van der Waals surface area contributed by atoms with Crippen molar-refractivity contribution in [3.8, 4) is 5.75 Å². The second kappa shape index (κ2) is 9.33. The second-order valence-corrected chi connectivity index (χ2v) is 6.65. The number of nitrogens with zero attached hydrogens (tertiary/aromatic N) is 1. The quantitative estimate of drug-likeness (QED) is 0.542. The summed E-state index contributed by atoms with van der Waals surface area (Å²) < 4.78 is 32.8. The monoisotopic (exact) mass is 401 g/mol. The summed E-state index contributed by atoms with van der Waals surface area (Å²) in [4.78, 5) is 14.2. The van der Waals surface area contributed by atoms with Crippen LogP contribution in [0.1, 0.15) is 11.1 Å². The molecule has 0 heterocycles. The van der Waals surface area contributed by atoms with Crippen LogP contribution in [0.2, 0.25) is 5.02 Å². The second-order valence-electron chi connectivity index (χ2n) is 6.21. The Morgan fingerprint density at radius 1 is 0.929 bits per heavy atom. The number of amides is 1. The number of para-hydroxylation sites is 1. The summed E-state index contributed by atoms with van der Waals surface area (Å²) in [6.07, 6.45) is 0. The predicted octanol–water partition coefficient (Wildman–Crippen LogP) is 5.23. The molecule has 0 unspecified atom stereocenters. The van der Waals surface area contributed by atoms with E-state index in [1.165, 1.54) is 17.0 Å². The lowest BCUT2D eigenvalue weighted by molar-refractivity contribution is -0.134. The molecular formula is C22H18ClF2NO2. The van der Waals surface area contributed by atoms with E-state index >= 15 is 0 Å². The van der Waals surface area contributed by atoms with E-state index in [9.17, 15) is 13.6 Å². The highest BCUT2D eigenvalue weighted by molar-refractivity contribution is 6.30. The van der Waals surface area contributed by atoms with E-state index in [2.05, 4.69) is 0 Å². The standard InChI is InChI=1S/C22H18ClF2NO2/c23-18-9-6-16(7-10-18)13-26(14-17-8-11-19(24)12-21(17)25)22(27)15-28-20-4-2-1-3-5-20/h1-12H,13-15H2. The van der Waals surface area contributed by atoms with Gasteiger partial charge in [0.15, 0.2) is 6.61 Å². The topological polar surface area (TPSA) is 29.5 Å². The fraction of sp³-hybridized carbons (Fsp3) is 0.136. The van der Waals surface area contributed by atoms with Crippen molar-refractivity contribution < 1.29 is 18.3 Å². The molecular weight excluding hydrogens is 384 g/mol. The van der Waals surface area contributed by atoms with Crippen LogP contribution in [0, 0.1) is 11.6 Å². The largest absolute Gasteiger partial charge is 0.484 e. The molecule has 0 saturated carbocycles. The molecule has 0 atom stereocenters. The van der Waals surface area contributed by atoms with E-state index in [0.717, 1.165) is 11.6 Å². The zero-order chi connectivity index (χ0) is 19.9. The smallest absolute Gasteiger partial charge is 0.261 e. The maximum absolute atomic E-state index is 14.1. The minimum Gasteiger partial charge on any atom is -0.484 e. The first-order valence-corrected chi connectivity index (χ1v) is 9.03. The molecule has 28 heavy (non-hydrogen) atoms. The van der Waals surface area contributed by atoms with Crippen molar-refractivity contribution >= 4 is 17.5 Å². The molecule has 0 aliphatic carbocycles. The van der Waals surface area contributed by atoms with Gasteiger partial charge in [0.2, 0.25) is 0 Å². The third kappa shape index (κ3) is 5.54. The lowest BCUT2D eigenvalue weighted by Gasteiger charge is -2.23. The zero-order valence-corrected chi connectivity index (χ0v) is 15.7. The van der Waals surface area contributed by atoms with Crippen LogP contribution in [0.15, 0.2) is 72.8 Å². The van der Waals surface area contributed by atoms with E-state index in [1.54, 1.807) is 48.5 Å². The number of hydrogen-bond acceptors (Lipinski definition) is 2. The Labute approximate surface area is 167 Å². The molecule has 3 nitrogen and oxygen atoms in total. The Hall–Kier alpha value is -2.92. The molecule has 0 fully saturated rings. The van der Waals surface area contributed by atoms with Crippen molar-refractivity contribution in [2.75, 3.05) is 6.61 Å². The Morgan fingerprint density at radius 2 is 1.64 bits per heavy atom. The lowest BCUT2D eigenvalue weighted by atomic mass is 10.1. The van der Waals surface area contributed by atoms with Crippen LogP contribution in [0.4, 0.5) is 8.78 Å². The first-order valence-electron chi connectivity index (χ1n) is 8.65. The lowest BCUT2D eigenvalue weighted by Crippen LogP contribution is -2.34. The molecule has 3 aromatic carbocycles. The van der Waals surface area contributed by atoms with Crippen molar-refractivity contribution in [1.29, 1.82) is 0 Å². The summed E-state index contributed by atoms with van der Waals surface area (Å²) in [5, 5.41) is 0.582. The number of benzene rings is 3. The van der Waals surface area contributed by atoms with Gasteiger partial charge >= 0.3 is 0 Å². The summed E-state index contributed by atoms with van der Waals surface area (Å²) in [5.41, 5.74) is 1.06. The molecule has 0 saturated heterocycles. The van der Waals surface area contributed by atoms with Crippen molar-refractivity contribution in [1.82, 2.24) is 4.90 Å². The predicted molar refractivity (Wildman–Crippen MR) is 104 cm³/mol. The number of carbonyl (C=O) groups excluding carboxylic acids is 1. The van der Waals surface area contributed by atoms with E-state index in [1.807, 2.05) is 6.07 Å². The summed E-state index contributed by atoms with van der Waals surface area (Å²) in [6.45, 7) is 0.0388. The first-order chi connectivity index (χ1) is 13.5. The van der Waals surface area contributed by atoms with Crippen molar-refractivity contribution in [2.24, 2.45) is 0 Å². The minimum absolute atomic E-state index is 0.00821. The van der Waals surface area contributed by atoms with E-state index in [-0.39, 0.29) is 31.2 Å². The van der Waals surface area contributed by atoms with Crippen molar-refractivity contribution in [3.05, 3.63) is 101 Å². The van der Waals surface area contributed by atoms with Gasteiger partial charge in [-0.1, -0.05) is 48.0 Å². The SMILES string of the molecule is O=C(COc1ccccc1)N(Cc1ccc(Cl)cc1)Cc1ccc(F)cc1F. The molecule has 0 aromatic heterocycles. The highest BCUT2D eigenvalue weighted by Gasteiger charge is 2.18. The third-order valence-electron chi connectivity index (χ3n) is 4.12. The van der Waals surface area contributed by atoms with Crippen molar-refractivity contribution in [2.45, 2.75) is 13.1 Å². The average Bonchev–Trinajstić information content (AvgIpc) is 2.70. The highest BCUT2D eigenvalue weighted by atomic mass is 35.5. The van der Waals surface area contributed by atoms with Crippen molar-refractivity contribution in [3.63, 3.8) is 0 Å². The Balaban J connectivity index is 1.76. The third-order valence-corrected chi connectivity index (χ3v) is 4.37. The molecule has 3 aromatic rings. The molecule has 0 radical (unpaired) electrons. The molecule has 0 aliphatic rings. The van der Waals surface area contributed by atoms with Gasteiger partial charge < -0.3 is 9.64 Å². The summed E-state index contributed by atoms with van der Waals surface area (Å²) in [7, 11) is 0. The van der Waals surface area contributed by atoms with Crippen LogP contribution >= 0.6 is 11.6 Å². The normalized spacial score (nSPS) is 10.5. The molecule has 3 rings (SSSR count). The Morgan fingerprint density at radius 3 is 2.32 bits per heavy atom. The number of ether oxygens (including phenoxy) is 1. The van der Waals surface area contributed by atoms with Crippen LogP contribution in [-0.4, -0.2) is 17.4 Å². The van der Waals surface area contributed by atoms with Gasteiger partial charge in [0.05, 0.1) is 0 Å². The average molecular weight is 402 g/mol. The maximum Gasteiger partial charge on any atom is 0.261 e. The number of halogens is 3. The molecule has 0 bridgehead atoms. The number of hydrogen-bond donors (Lipinski definition) is 0. The van der Waals surface area contributed by atoms with Crippen LogP contribution in [0.5, 0.6) is 5.75 Å². The van der Waals surface area contributed by atoms with E-state index in [0.29, 0.717) is 10.8 Å². The van der Waals surface area contributed by atoms with E-state index < -0.39 is 11.6 Å². The van der Waals surface area contributed by atoms with Crippen LogP contribution < -0.4 is 4.74 Å². The summed E-state index contributed by atoms with van der Waals surface area (Å²) in [6, 6.07) is 19.3. The van der Waals surface area contributed by atoms with E-state index in [4.69, 9.17) is 16.3 Å². The maximum atomic E-state index is 14.1. The Kier molecular flexibility index (Phi) is 6.61. The molecule has 6 heteroatoms. The van der Waals surface area contributed by atoms with Crippen LogP contribution in [0.3, 0.4) is 0 Å². The summed E-state index contributed by atoms with van der Waals surface area (Å²) in [5.74, 6) is -1.11. The van der Waals surface area contributed by atoms with Gasteiger partial charge in [-0.2, -0.15) is 0 Å². The fourth-order valence-electron chi connectivity index (χ4n) is 2.65. The molecule has 0 aliphatic heterocycles.